The summed E-state index contributed by atoms with van der Waals surface area (Å²) in [5, 5.41) is 6.67. The summed E-state index contributed by atoms with van der Waals surface area (Å²) < 4.78 is 0. The van der Waals surface area contributed by atoms with E-state index in [1.807, 2.05) is 0 Å². The summed E-state index contributed by atoms with van der Waals surface area (Å²) in [5.41, 5.74) is 0. The molecule has 0 aromatic rings. The Morgan fingerprint density at radius 1 is 0.867 bits per heavy atom. The number of nitrogens with one attached hydrogen (secondary N) is 3. The third kappa shape index (κ3) is 13.7. The fourth-order valence-corrected chi connectivity index (χ4v) is 0.991. The SMILES string of the molecule is CC(C)NC(NC(C)C)=[NH+]C(C)C.O.[Br-]. The van der Waals surface area contributed by atoms with Crippen LogP contribution in [0.1, 0.15) is 41.5 Å². The highest BCUT2D eigenvalue weighted by Gasteiger charge is 2.10. The van der Waals surface area contributed by atoms with E-state index in [-0.39, 0.29) is 22.5 Å². The van der Waals surface area contributed by atoms with Crippen molar-refractivity contribution in [1.29, 1.82) is 0 Å². The van der Waals surface area contributed by atoms with Gasteiger partial charge in [0.05, 0.1) is 18.1 Å². The van der Waals surface area contributed by atoms with Crippen molar-refractivity contribution in [2.45, 2.75) is 59.7 Å². The van der Waals surface area contributed by atoms with Crippen LogP contribution in [0.4, 0.5) is 0 Å². The Kier molecular flexibility index (Phi) is 13.8. The molecule has 0 aromatic heterocycles. The number of halogens is 1. The molecular formula is C10H26BrN3O. The number of rotatable bonds is 3. The van der Waals surface area contributed by atoms with E-state index in [4.69, 9.17) is 0 Å². The molecule has 0 saturated carbocycles. The minimum atomic E-state index is 0. The predicted molar refractivity (Wildman–Crippen MR) is 61.3 cm³/mol. The first-order valence-electron chi connectivity index (χ1n) is 5.08. The second-order valence-electron chi connectivity index (χ2n) is 4.27. The summed E-state index contributed by atoms with van der Waals surface area (Å²) in [6, 6.07) is 1.35. The van der Waals surface area contributed by atoms with Crippen LogP contribution >= 0.6 is 0 Å². The minimum Gasteiger partial charge on any atom is -1.00 e. The Hall–Kier alpha value is -0.290. The van der Waals surface area contributed by atoms with Crippen molar-refractivity contribution in [2.24, 2.45) is 0 Å². The van der Waals surface area contributed by atoms with Crippen LogP contribution in [0.15, 0.2) is 0 Å². The van der Waals surface area contributed by atoms with Crippen LogP contribution in [0.2, 0.25) is 0 Å². The molecule has 0 radical (unpaired) electrons. The largest absolute Gasteiger partial charge is 1.00 e. The van der Waals surface area contributed by atoms with Crippen LogP contribution in [-0.4, -0.2) is 29.6 Å². The molecule has 15 heavy (non-hydrogen) atoms. The molecule has 0 amide bonds. The van der Waals surface area contributed by atoms with Crippen LogP contribution in [0.25, 0.3) is 0 Å². The van der Waals surface area contributed by atoms with Crippen LogP contribution in [0.5, 0.6) is 0 Å². The van der Waals surface area contributed by atoms with E-state index < -0.39 is 0 Å². The van der Waals surface area contributed by atoms with E-state index in [0.29, 0.717) is 18.1 Å². The first kappa shape index (κ1) is 20.2. The average Bonchev–Trinajstić information content (AvgIpc) is 1.80. The van der Waals surface area contributed by atoms with Crippen molar-refractivity contribution in [3.63, 3.8) is 0 Å². The highest BCUT2D eigenvalue weighted by atomic mass is 79.9. The summed E-state index contributed by atoms with van der Waals surface area (Å²) in [4.78, 5) is 3.34. The molecule has 94 valence electrons. The number of hydrogen-bond acceptors (Lipinski definition) is 0. The fraction of sp³-hybridized carbons (Fsp3) is 0.900. The maximum absolute atomic E-state index is 3.34. The topological polar surface area (TPSA) is 69.5 Å². The van der Waals surface area contributed by atoms with Gasteiger partial charge in [-0.25, -0.2) is 0 Å². The van der Waals surface area contributed by atoms with E-state index in [0.717, 1.165) is 5.96 Å². The molecule has 5 heteroatoms. The van der Waals surface area contributed by atoms with Crippen molar-refractivity contribution in [1.82, 2.24) is 10.6 Å². The van der Waals surface area contributed by atoms with Gasteiger partial charge in [-0.1, -0.05) is 0 Å². The summed E-state index contributed by atoms with van der Waals surface area (Å²) >= 11 is 0. The number of guanidine groups is 1. The molecule has 0 aliphatic heterocycles. The first-order valence-corrected chi connectivity index (χ1v) is 5.08. The van der Waals surface area contributed by atoms with Gasteiger partial charge in [0.25, 0.3) is 0 Å². The van der Waals surface area contributed by atoms with E-state index in [2.05, 4.69) is 57.2 Å². The second kappa shape index (κ2) is 10.2. The Balaban J connectivity index is -0.000000720. The lowest BCUT2D eigenvalue weighted by molar-refractivity contribution is -0.498. The van der Waals surface area contributed by atoms with Gasteiger partial charge in [0, 0.05) is 0 Å². The third-order valence-corrected chi connectivity index (χ3v) is 1.30. The lowest BCUT2D eigenvalue weighted by Gasteiger charge is -2.11. The van der Waals surface area contributed by atoms with E-state index in [9.17, 15) is 0 Å². The van der Waals surface area contributed by atoms with Gasteiger partial charge < -0.3 is 22.5 Å². The molecule has 0 unspecified atom stereocenters. The quantitative estimate of drug-likeness (QED) is 0.365. The molecule has 0 rings (SSSR count). The van der Waals surface area contributed by atoms with Crippen LogP contribution in [0, 0.1) is 0 Å². The predicted octanol–water partition coefficient (Wildman–Crippen LogP) is -3.99. The molecule has 5 N–H and O–H groups in total. The summed E-state index contributed by atoms with van der Waals surface area (Å²) in [6.07, 6.45) is 0. The van der Waals surface area contributed by atoms with E-state index in [1.165, 1.54) is 0 Å². The molecule has 4 nitrogen and oxygen atoms in total. The lowest BCUT2D eigenvalue weighted by atomic mass is 10.3. The Labute approximate surface area is 104 Å². The summed E-state index contributed by atoms with van der Waals surface area (Å²) in [7, 11) is 0. The maximum atomic E-state index is 3.34. The smallest absolute Gasteiger partial charge is 0.344 e. The minimum absolute atomic E-state index is 0. The number of hydrogen-bond donors (Lipinski definition) is 3. The fourth-order valence-electron chi connectivity index (χ4n) is 0.991. The van der Waals surface area contributed by atoms with Gasteiger partial charge in [-0.05, 0) is 41.5 Å². The van der Waals surface area contributed by atoms with Gasteiger partial charge in [0.1, 0.15) is 0 Å². The van der Waals surface area contributed by atoms with Gasteiger partial charge >= 0.3 is 5.96 Å². The van der Waals surface area contributed by atoms with Crippen LogP contribution < -0.4 is 32.6 Å². The van der Waals surface area contributed by atoms with E-state index in [1.54, 1.807) is 0 Å². The zero-order valence-electron chi connectivity index (χ0n) is 10.6. The average molecular weight is 284 g/mol. The normalized spacial score (nSPS) is 9.40. The zero-order chi connectivity index (χ0) is 10.4. The third-order valence-electron chi connectivity index (χ3n) is 1.30. The Morgan fingerprint density at radius 2 is 1.20 bits per heavy atom. The molecule has 0 bridgehead atoms. The first-order chi connectivity index (χ1) is 5.91. The Bertz CT molecular complexity index is 158. The summed E-state index contributed by atoms with van der Waals surface area (Å²) in [6.45, 7) is 12.8. The van der Waals surface area contributed by atoms with E-state index >= 15 is 0 Å². The molecule has 0 spiro atoms. The molecule has 0 atom stereocenters. The highest BCUT2D eigenvalue weighted by Crippen LogP contribution is 1.77. The molecule has 0 heterocycles. The van der Waals surface area contributed by atoms with Gasteiger partial charge in [0.2, 0.25) is 0 Å². The molecule has 0 fully saturated rings. The van der Waals surface area contributed by atoms with Gasteiger partial charge in [-0.3, -0.25) is 15.6 Å². The van der Waals surface area contributed by atoms with Crippen molar-refractivity contribution in [3.8, 4) is 0 Å². The lowest BCUT2D eigenvalue weighted by Crippen LogP contribution is -3.00. The molecule has 0 saturated heterocycles. The monoisotopic (exact) mass is 283 g/mol. The van der Waals surface area contributed by atoms with Crippen molar-refractivity contribution < 1.29 is 27.5 Å². The summed E-state index contributed by atoms with van der Waals surface area (Å²) in [5.74, 6) is 1.03. The van der Waals surface area contributed by atoms with Crippen LogP contribution in [-0.2, 0) is 0 Å². The highest BCUT2D eigenvalue weighted by molar-refractivity contribution is 5.74. The van der Waals surface area contributed by atoms with Crippen molar-refractivity contribution in [2.75, 3.05) is 0 Å². The van der Waals surface area contributed by atoms with Gasteiger partial charge in [-0.2, -0.15) is 0 Å². The molecular weight excluding hydrogens is 258 g/mol. The molecule has 0 aliphatic rings. The van der Waals surface area contributed by atoms with Gasteiger partial charge in [0.15, 0.2) is 0 Å². The Morgan fingerprint density at radius 3 is 1.40 bits per heavy atom. The van der Waals surface area contributed by atoms with Gasteiger partial charge in [-0.15, -0.1) is 0 Å². The standard InChI is InChI=1S/C10H23N3.BrH.H2O/c1-7(2)11-10(12-8(3)4)13-9(5)6;;/h7-9H,1-6H3,(H2,11,12,13);1H;1H2. The zero-order valence-corrected chi connectivity index (χ0v) is 12.2. The van der Waals surface area contributed by atoms with Crippen LogP contribution in [0.3, 0.4) is 0 Å². The molecule has 0 aliphatic carbocycles. The van der Waals surface area contributed by atoms with Crippen molar-refractivity contribution in [3.05, 3.63) is 0 Å². The second-order valence-corrected chi connectivity index (χ2v) is 4.27. The van der Waals surface area contributed by atoms with Crippen molar-refractivity contribution >= 4 is 5.96 Å². The molecule has 0 aromatic carbocycles. The maximum Gasteiger partial charge on any atom is 0.344 e.